The van der Waals surface area contributed by atoms with E-state index >= 15 is 0 Å². The normalized spacial score (nSPS) is 36.6. The lowest BCUT2D eigenvalue weighted by Crippen LogP contribution is -2.28. The molecular formula is C11H18. The minimum absolute atomic E-state index is 0.370. The van der Waals surface area contributed by atoms with E-state index in [9.17, 15) is 0 Å². The molecule has 0 nitrogen and oxygen atoms in total. The van der Waals surface area contributed by atoms with Crippen molar-refractivity contribution >= 4 is 0 Å². The summed E-state index contributed by atoms with van der Waals surface area (Å²) in [5.74, 6) is 1.39. The molecule has 1 rings (SSSR count). The molecule has 0 saturated carbocycles. The molecule has 0 bridgehead atoms. The largest absolute Gasteiger partial charge is 0.0808 e. The van der Waals surface area contributed by atoms with Gasteiger partial charge < -0.3 is 0 Å². The van der Waals surface area contributed by atoms with Gasteiger partial charge in [0.2, 0.25) is 0 Å². The maximum atomic E-state index is 2.34. The molecule has 0 saturated heterocycles. The van der Waals surface area contributed by atoms with Crippen LogP contribution in [-0.4, -0.2) is 0 Å². The predicted molar refractivity (Wildman–Crippen MR) is 50.4 cm³/mol. The summed E-state index contributed by atoms with van der Waals surface area (Å²) in [7, 11) is 0. The van der Waals surface area contributed by atoms with E-state index in [4.69, 9.17) is 0 Å². The van der Waals surface area contributed by atoms with Crippen molar-refractivity contribution in [3.8, 4) is 0 Å². The van der Waals surface area contributed by atoms with Gasteiger partial charge in [-0.05, 0) is 17.3 Å². The molecule has 0 aromatic carbocycles. The van der Waals surface area contributed by atoms with Crippen LogP contribution in [0.2, 0.25) is 0 Å². The number of rotatable bonds is 1. The molecule has 0 spiro atoms. The Labute approximate surface area is 70.0 Å². The van der Waals surface area contributed by atoms with Gasteiger partial charge in [0.25, 0.3) is 0 Å². The van der Waals surface area contributed by atoms with Crippen LogP contribution in [0.15, 0.2) is 24.3 Å². The highest BCUT2D eigenvalue weighted by atomic mass is 14.3. The molecule has 0 aromatic heterocycles. The minimum atomic E-state index is 0.370. The van der Waals surface area contributed by atoms with Gasteiger partial charge >= 0.3 is 0 Å². The van der Waals surface area contributed by atoms with Crippen LogP contribution in [0, 0.1) is 17.3 Å². The fourth-order valence-corrected chi connectivity index (χ4v) is 1.57. The molecule has 0 radical (unpaired) electrons. The van der Waals surface area contributed by atoms with Gasteiger partial charge in [-0.15, -0.1) is 0 Å². The SMILES string of the molecule is CC(C)C1(C)C=CC=CC1C. The van der Waals surface area contributed by atoms with Crippen LogP contribution < -0.4 is 0 Å². The second kappa shape index (κ2) is 2.84. The molecular weight excluding hydrogens is 132 g/mol. The summed E-state index contributed by atoms with van der Waals surface area (Å²) in [4.78, 5) is 0. The second-order valence-corrected chi connectivity index (χ2v) is 4.05. The molecule has 0 heterocycles. The quantitative estimate of drug-likeness (QED) is 0.537. The zero-order valence-electron chi connectivity index (χ0n) is 7.96. The van der Waals surface area contributed by atoms with E-state index in [1.54, 1.807) is 0 Å². The Morgan fingerprint density at radius 3 is 2.27 bits per heavy atom. The number of hydrogen-bond donors (Lipinski definition) is 0. The van der Waals surface area contributed by atoms with Gasteiger partial charge in [0.1, 0.15) is 0 Å². The van der Waals surface area contributed by atoms with Crippen LogP contribution in [-0.2, 0) is 0 Å². The lowest BCUT2D eigenvalue weighted by molar-refractivity contribution is 0.226. The average molecular weight is 150 g/mol. The zero-order chi connectivity index (χ0) is 8.48. The van der Waals surface area contributed by atoms with E-state index in [0.717, 1.165) is 5.92 Å². The fourth-order valence-electron chi connectivity index (χ4n) is 1.57. The smallest absolute Gasteiger partial charge is 0.00602 e. The van der Waals surface area contributed by atoms with Crippen molar-refractivity contribution in [2.45, 2.75) is 27.7 Å². The van der Waals surface area contributed by atoms with Crippen molar-refractivity contribution in [3.05, 3.63) is 24.3 Å². The van der Waals surface area contributed by atoms with Crippen LogP contribution in [0.4, 0.5) is 0 Å². The van der Waals surface area contributed by atoms with E-state index in [2.05, 4.69) is 52.0 Å². The molecule has 0 amide bonds. The van der Waals surface area contributed by atoms with Gasteiger partial charge in [-0.2, -0.15) is 0 Å². The minimum Gasteiger partial charge on any atom is -0.0808 e. The zero-order valence-corrected chi connectivity index (χ0v) is 7.96. The summed E-state index contributed by atoms with van der Waals surface area (Å²) in [5, 5.41) is 0. The molecule has 0 aliphatic heterocycles. The van der Waals surface area contributed by atoms with Crippen molar-refractivity contribution < 1.29 is 0 Å². The molecule has 62 valence electrons. The van der Waals surface area contributed by atoms with Crippen LogP contribution in [0.3, 0.4) is 0 Å². The van der Waals surface area contributed by atoms with Gasteiger partial charge in [0.15, 0.2) is 0 Å². The van der Waals surface area contributed by atoms with Crippen LogP contribution >= 0.6 is 0 Å². The van der Waals surface area contributed by atoms with E-state index in [-0.39, 0.29) is 0 Å². The third-order valence-electron chi connectivity index (χ3n) is 3.19. The first-order chi connectivity index (χ1) is 5.07. The van der Waals surface area contributed by atoms with Crippen LogP contribution in [0.1, 0.15) is 27.7 Å². The molecule has 2 atom stereocenters. The molecule has 1 aliphatic rings. The predicted octanol–water partition coefficient (Wildman–Crippen LogP) is 3.41. The van der Waals surface area contributed by atoms with E-state index < -0.39 is 0 Å². The number of allylic oxidation sites excluding steroid dienone is 4. The van der Waals surface area contributed by atoms with E-state index in [0.29, 0.717) is 11.3 Å². The summed E-state index contributed by atoms with van der Waals surface area (Å²) in [5.41, 5.74) is 0.370. The monoisotopic (exact) mass is 150 g/mol. The first-order valence-electron chi connectivity index (χ1n) is 4.43. The third-order valence-corrected chi connectivity index (χ3v) is 3.19. The standard InChI is InChI=1S/C11H18/c1-9(2)11(4)8-6-5-7-10(11)3/h5-10H,1-4H3. The second-order valence-electron chi connectivity index (χ2n) is 4.05. The Kier molecular flexibility index (Phi) is 2.22. The summed E-state index contributed by atoms with van der Waals surface area (Å²) in [6.45, 7) is 9.21. The van der Waals surface area contributed by atoms with Gasteiger partial charge in [0, 0.05) is 0 Å². The molecule has 11 heavy (non-hydrogen) atoms. The summed E-state index contributed by atoms with van der Waals surface area (Å²) < 4.78 is 0. The highest BCUT2D eigenvalue weighted by molar-refractivity contribution is 5.18. The average Bonchev–Trinajstić information content (AvgIpc) is 1.95. The van der Waals surface area contributed by atoms with Crippen LogP contribution in [0.5, 0.6) is 0 Å². The Balaban J connectivity index is 2.85. The summed E-state index contributed by atoms with van der Waals surface area (Å²) in [6.07, 6.45) is 8.94. The molecule has 0 N–H and O–H groups in total. The summed E-state index contributed by atoms with van der Waals surface area (Å²) in [6, 6.07) is 0. The first-order valence-corrected chi connectivity index (χ1v) is 4.43. The fraction of sp³-hybridized carbons (Fsp3) is 0.636. The van der Waals surface area contributed by atoms with E-state index in [1.807, 2.05) is 0 Å². The lowest BCUT2D eigenvalue weighted by Gasteiger charge is -2.36. The van der Waals surface area contributed by atoms with Gasteiger partial charge in [0.05, 0.1) is 0 Å². The third kappa shape index (κ3) is 1.40. The molecule has 0 aromatic rings. The Morgan fingerprint density at radius 1 is 1.27 bits per heavy atom. The van der Waals surface area contributed by atoms with E-state index in [1.165, 1.54) is 0 Å². The maximum Gasteiger partial charge on any atom is -0.00602 e. The van der Waals surface area contributed by atoms with Crippen molar-refractivity contribution in [2.24, 2.45) is 17.3 Å². The lowest BCUT2D eigenvalue weighted by atomic mass is 9.68. The Hall–Kier alpha value is -0.520. The molecule has 1 aliphatic carbocycles. The maximum absolute atomic E-state index is 2.34. The van der Waals surface area contributed by atoms with Gasteiger partial charge in [-0.1, -0.05) is 52.0 Å². The highest BCUT2D eigenvalue weighted by Crippen LogP contribution is 2.39. The Morgan fingerprint density at radius 2 is 1.91 bits per heavy atom. The number of hydrogen-bond acceptors (Lipinski definition) is 0. The van der Waals surface area contributed by atoms with Crippen molar-refractivity contribution in [1.82, 2.24) is 0 Å². The summed E-state index contributed by atoms with van der Waals surface area (Å²) >= 11 is 0. The molecule has 2 unspecified atom stereocenters. The first kappa shape index (κ1) is 8.58. The highest BCUT2D eigenvalue weighted by Gasteiger charge is 2.31. The van der Waals surface area contributed by atoms with Crippen LogP contribution in [0.25, 0.3) is 0 Å². The van der Waals surface area contributed by atoms with Gasteiger partial charge in [-0.25, -0.2) is 0 Å². The Bertz CT molecular complexity index is 186. The van der Waals surface area contributed by atoms with Gasteiger partial charge in [-0.3, -0.25) is 0 Å². The topological polar surface area (TPSA) is 0 Å². The molecule has 0 heteroatoms. The molecule has 0 fully saturated rings. The van der Waals surface area contributed by atoms with Crippen molar-refractivity contribution in [1.29, 1.82) is 0 Å². The van der Waals surface area contributed by atoms with Crippen molar-refractivity contribution in [2.75, 3.05) is 0 Å². The van der Waals surface area contributed by atoms with Crippen molar-refractivity contribution in [3.63, 3.8) is 0 Å².